The summed E-state index contributed by atoms with van der Waals surface area (Å²) in [5, 5.41) is 2.95. The quantitative estimate of drug-likeness (QED) is 0.888. The van der Waals surface area contributed by atoms with Crippen molar-refractivity contribution in [3.05, 3.63) is 23.8 Å². The number of hydrogen-bond donors (Lipinski definition) is 1. The molecule has 4 heteroatoms. The monoisotopic (exact) mass is 262 g/mol. The Bertz CT molecular complexity index is 459. The van der Waals surface area contributed by atoms with Crippen LogP contribution in [0.5, 0.6) is 5.75 Å². The van der Waals surface area contributed by atoms with Crippen molar-refractivity contribution in [2.24, 2.45) is 5.92 Å². The van der Waals surface area contributed by atoms with Gasteiger partial charge in [0.1, 0.15) is 5.75 Å². The van der Waals surface area contributed by atoms with E-state index >= 15 is 0 Å². The standard InChI is InChI=1S/C15H22N2O2/c1-11-6-7-14(19-3)13(9-11)16-15(18)17-8-4-5-12(2)10-17/h6-7,9,12H,4-5,8,10H2,1-3H3,(H,16,18). The molecule has 0 radical (unpaired) electrons. The fraction of sp³-hybridized carbons (Fsp3) is 0.533. The SMILES string of the molecule is COc1ccc(C)cc1NC(=O)N1CCCC(C)C1. The largest absolute Gasteiger partial charge is 0.495 e. The van der Waals surface area contributed by atoms with Gasteiger partial charge in [-0.1, -0.05) is 13.0 Å². The lowest BCUT2D eigenvalue weighted by atomic mass is 10.0. The van der Waals surface area contributed by atoms with Gasteiger partial charge in [-0.25, -0.2) is 4.79 Å². The predicted molar refractivity (Wildman–Crippen MR) is 76.7 cm³/mol. The summed E-state index contributed by atoms with van der Waals surface area (Å²) in [6.45, 7) is 5.86. The van der Waals surface area contributed by atoms with Crippen molar-refractivity contribution in [2.45, 2.75) is 26.7 Å². The molecule has 1 aromatic carbocycles. The van der Waals surface area contributed by atoms with Gasteiger partial charge in [-0.2, -0.15) is 0 Å². The minimum Gasteiger partial charge on any atom is -0.495 e. The number of anilines is 1. The minimum atomic E-state index is -0.0320. The maximum Gasteiger partial charge on any atom is 0.321 e. The zero-order chi connectivity index (χ0) is 13.8. The Hall–Kier alpha value is -1.71. The number of nitrogens with one attached hydrogen (secondary N) is 1. The number of hydrogen-bond acceptors (Lipinski definition) is 2. The van der Waals surface area contributed by atoms with E-state index < -0.39 is 0 Å². The van der Waals surface area contributed by atoms with Gasteiger partial charge in [0.25, 0.3) is 0 Å². The van der Waals surface area contributed by atoms with Crippen LogP contribution < -0.4 is 10.1 Å². The molecule has 0 spiro atoms. The Morgan fingerprint density at radius 2 is 2.26 bits per heavy atom. The van der Waals surface area contributed by atoms with Crippen LogP contribution in [0.3, 0.4) is 0 Å². The van der Waals surface area contributed by atoms with E-state index in [1.807, 2.05) is 30.0 Å². The maximum absolute atomic E-state index is 12.3. The van der Waals surface area contributed by atoms with Crippen LogP contribution in [0.4, 0.5) is 10.5 Å². The number of rotatable bonds is 2. The second kappa shape index (κ2) is 5.95. The lowest BCUT2D eigenvalue weighted by Gasteiger charge is -2.31. The zero-order valence-corrected chi connectivity index (χ0v) is 11.9. The molecule has 1 aliphatic rings. The highest BCUT2D eigenvalue weighted by molar-refractivity contribution is 5.91. The lowest BCUT2D eigenvalue weighted by molar-refractivity contribution is 0.182. The first-order chi connectivity index (χ1) is 9.10. The third-order valence-corrected chi connectivity index (χ3v) is 3.54. The molecule has 0 aromatic heterocycles. The molecule has 1 atom stereocenters. The lowest BCUT2D eigenvalue weighted by Crippen LogP contribution is -2.41. The molecule has 104 valence electrons. The van der Waals surface area contributed by atoms with Gasteiger partial charge in [0, 0.05) is 13.1 Å². The Balaban J connectivity index is 2.07. The predicted octanol–water partition coefficient (Wildman–Crippen LogP) is 3.27. The highest BCUT2D eigenvalue weighted by atomic mass is 16.5. The highest BCUT2D eigenvalue weighted by Crippen LogP contribution is 2.26. The molecule has 1 aliphatic heterocycles. The number of benzene rings is 1. The summed E-state index contributed by atoms with van der Waals surface area (Å²) in [7, 11) is 1.61. The molecular formula is C15H22N2O2. The van der Waals surface area contributed by atoms with Gasteiger partial charge >= 0.3 is 6.03 Å². The second-order valence-corrected chi connectivity index (χ2v) is 5.33. The number of methoxy groups -OCH3 is 1. The first-order valence-electron chi connectivity index (χ1n) is 6.80. The van der Waals surface area contributed by atoms with Crippen LogP contribution in [-0.2, 0) is 0 Å². The van der Waals surface area contributed by atoms with E-state index in [0.717, 1.165) is 30.8 Å². The van der Waals surface area contributed by atoms with E-state index in [9.17, 15) is 4.79 Å². The number of nitrogens with zero attached hydrogens (tertiary/aromatic N) is 1. The summed E-state index contributed by atoms with van der Waals surface area (Å²) in [5.74, 6) is 1.28. The van der Waals surface area contributed by atoms with Crippen molar-refractivity contribution in [3.8, 4) is 5.75 Å². The van der Waals surface area contributed by atoms with Crippen LogP contribution in [0, 0.1) is 12.8 Å². The van der Waals surface area contributed by atoms with Gasteiger partial charge in [0.2, 0.25) is 0 Å². The number of amides is 2. The van der Waals surface area contributed by atoms with Gasteiger partial charge in [0.15, 0.2) is 0 Å². The van der Waals surface area contributed by atoms with Gasteiger partial charge in [-0.3, -0.25) is 0 Å². The van der Waals surface area contributed by atoms with Crippen LogP contribution >= 0.6 is 0 Å². The summed E-state index contributed by atoms with van der Waals surface area (Å²) in [5.41, 5.74) is 1.84. The third kappa shape index (κ3) is 3.40. The number of ether oxygens (including phenoxy) is 1. The molecular weight excluding hydrogens is 240 g/mol. The van der Waals surface area contributed by atoms with Crippen LogP contribution in [0.1, 0.15) is 25.3 Å². The van der Waals surface area contributed by atoms with Crippen LogP contribution in [0.15, 0.2) is 18.2 Å². The summed E-state index contributed by atoms with van der Waals surface area (Å²) in [6, 6.07) is 5.75. The van der Waals surface area contributed by atoms with Crippen molar-refractivity contribution < 1.29 is 9.53 Å². The molecule has 0 bridgehead atoms. The van der Waals surface area contributed by atoms with E-state index in [4.69, 9.17) is 4.74 Å². The van der Waals surface area contributed by atoms with E-state index in [1.165, 1.54) is 6.42 Å². The normalized spacial score (nSPS) is 19.1. The average molecular weight is 262 g/mol. The second-order valence-electron chi connectivity index (χ2n) is 5.33. The van der Waals surface area contributed by atoms with Crippen molar-refractivity contribution in [3.63, 3.8) is 0 Å². The van der Waals surface area contributed by atoms with Gasteiger partial charge in [-0.15, -0.1) is 0 Å². The van der Waals surface area contributed by atoms with E-state index in [0.29, 0.717) is 11.7 Å². The molecule has 0 saturated carbocycles. The van der Waals surface area contributed by atoms with Crippen LogP contribution in [0.25, 0.3) is 0 Å². The smallest absolute Gasteiger partial charge is 0.321 e. The summed E-state index contributed by atoms with van der Waals surface area (Å²) < 4.78 is 5.28. The van der Waals surface area contributed by atoms with Gasteiger partial charge in [0.05, 0.1) is 12.8 Å². The molecule has 2 rings (SSSR count). The van der Waals surface area contributed by atoms with Crippen molar-refractivity contribution in [1.29, 1.82) is 0 Å². The van der Waals surface area contributed by atoms with Crippen molar-refractivity contribution >= 4 is 11.7 Å². The molecule has 1 fully saturated rings. The molecule has 4 nitrogen and oxygen atoms in total. The fourth-order valence-corrected chi connectivity index (χ4v) is 2.49. The van der Waals surface area contributed by atoms with E-state index in [1.54, 1.807) is 7.11 Å². The summed E-state index contributed by atoms with van der Waals surface area (Å²) >= 11 is 0. The third-order valence-electron chi connectivity index (χ3n) is 3.54. The highest BCUT2D eigenvalue weighted by Gasteiger charge is 2.21. The molecule has 1 unspecified atom stereocenters. The summed E-state index contributed by atoms with van der Waals surface area (Å²) in [4.78, 5) is 14.1. The number of likely N-dealkylation sites (tertiary alicyclic amines) is 1. The molecule has 1 saturated heterocycles. The molecule has 1 aromatic rings. The Labute approximate surface area is 114 Å². The van der Waals surface area contributed by atoms with Gasteiger partial charge in [-0.05, 0) is 43.4 Å². The molecule has 1 heterocycles. The molecule has 0 aliphatic carbocycles. The number of aryl methyl sites for hydroxylation is 1. The molecule has 2 amide bonds. The van der Waals surface area contributed by atoms with Gasteiger partial charge < -0.3 is 15.0 Å². The number of urea groups is 1. The van der Waals surface area contributed by atoms with E-state index in [2.05, 4.69) is 12.2 Å². The maximum atomic E-state index is 12.3. The first kappa shape index (κ1) is 13.7. The first-order valence-corrected chi connectivity index (χ1v) is 6.80. The Morgan fingerprint density at radius 1 is 1.47 bits per heavy atom. The minimum absolute atomic E-state index is 0.0320. The van der Waals surface area contributed by atoms with Crippen molar-refractivity contribution in [2.75, 3.05) is 25.5 Å². The molecule has 19 heavy (non-hydrogen) atoms. The number of piperidine rings is 1. The van der Waals surface area contributed by atoms with E-state index in [-0.39, 0.29) is 6.03 Å². The fourth-order valence-electron chi connectivity index (χ4n) is 2.49. The summed E-state index contributed by atoms with van der Waals surface area (Å²) in [6.07, 6.45) is 2.29. The Kier molecular flexibility index (Phi) is 4.30. The average Bonchev–Trinajstić information content (AvgIpc) is 2.39. The Morgan fingerprint density at radius 3 is 2.95 bits per heavy atom. The van der Waals surface area contributed by atoms with Crippen molar-refractivity contribution in [1.82, 2.24) is 4.90 Å². The van der Waals surface area contributed by atoms with Crippen LogP contribution in [0.2, 0.25) is 0 Å². The number of carbonyl (C=O) groups excluding carboxylic acids is 1. The number of carbonyl (C=O) groups is 1. The molecule has 1 N–H and O–H groups in total. The van der Waals surface area contributed by atoms with Crippen LogP contribution in [-0.4, -0.2) is 31.1 Å². The zero-order valence-electron chi connectivity index (χ0n) is 11.9. The topological polar surface area (TPSA) is 41.6 Å².